The third kappa shape index (κ3) is 7.64. The van der Waals surface area contributed by atoms with E-state index in [-0.39, 0.29) is 23.6 Å². The molecule has 25 heavy (non-hydrogen) atoms. The molecule has 0 aromatic heterocycles. The van der Waals surface area contributed by atoms with Crippen molar-refractivity contribution >= 4 is 29.5 Å². The van der Waals surface area contributed by atoms with Gasteiger partial charge in [-0.15, -0.1) is 0 Å². The normalized spacial score (nSPS) is 15.8. The van der Waals surface area contributed by atoms with Gasteiger partial charge >= 0.3 is 5.97 Å². The van der Waals surface area contributed by atoms with Gasteiger partial charge in [-0.2, -0.15) is 11.8 Å². The number of nitrogens with zero attached hydrogens (tertiary/aromatic N) is 1. The minimum absolute atomic E-state index is 0.0194. The van der Waals surface area contributed by atoms with Crippen molar-refractivity contribution in [3.63, 3.8) is 0 Å². The van der Waals surface area contributed by atoms with Crippen molar-refractivity contribution < 1.29 is 19.5 Å². The maximum Gasteiger partial charge on any atom is 0.304 e. The molecule has 2 amide bonds. The summed E-state index contributed by atoms with van der Waals surface area (Å²) in [6, 6.07) is -0.828. The highest BCUT2D eigenvalue weighted by Crippen LogP contribution is 2.34. The number of hydrogen-bond acceptors (Lipinski definition) is 5. The molecule has 0 saturated carbocycles. The standard InChI is InChI=1S/C17H33N3O4S/c1-6-17(4,25-5)10-12(9-14(21)22)15(23)19-13(11-18)16(24)20(7-2)8-3/h12-13H,6-11,18H2,1-5H3,(H,19,23)(H,21,22). The Labute approximate surface area is 155 Å². The van der Waals surface area contributed by atoms with Gasteiger partial charge in [-0.3, -0.25) is 14.4 Å². The first kappa shape index (κ1) is 23.7. The van der Waals surface area contributed by atoms with Crippen LogP contribution in [0.3, 0.4) is 0 Å². The monoisotopic (exact) mass is 375 g/mol. The third-order valence-electron chi connectivity index (χ3n) is 4.64. The van der Waals surface area contributed by atoms with Crippen LogP contribution in [0.2, 0.25) is 0 Å². The predicted octanol–water partition coefficient (Wildman–Crippen LogP) is 1.31. The second-order valence-corrected chi connectivity index (χ2v) is 7.71. The minimum Gasteiger partial charge on any atom is -0.481 e. The van der Waals surface area contributed by atoms with Crippen LogP contribution in [0.25, 0.3) is 0 Å². The van der Waals surface area contributed by atoms with Gasteiger partial charge in [0.05, 0.1) is 6.42 Å². The molecule has 0 spiro atoms. The van der Waals surface area contributed by atoms with Gasteiger partial charge in [0, 0.05) is 30.3 Å². The zero-order valence-electron chi connectivity index (χ0n) is 16.0. The maximum absolute atomic E-state index is 12.7. The Balaban J connectivity index is 5.22. The van der Waals surface area contributed by atoms with Crippen molar-refractivity contribution in [1.29, 1.82) is 0 Å². The molecule has 0 aliphatic carbocycles. The Morgan fingerprint density at radius 3 is 2.16 bits per heavy atom. The van der Waals surface area contributed by atoms with Crippen LogP contribution in [0.1, 0.15) is 47.0 Å². The fourth-order valence-corrected chi connectivity index (χ4v) is 3.28. The highest BCUT2D eigenvalue weighted by molar-refractivity contribution is 7.99. The second-order valence-electron chi connectivity index (χ2n) is 6.31. The summed E-state index contributed by atoms with van der Waals surface area (Å²) < 4.78 is -0.196. The van der Waals surface area contributed by atoms with E-state index in [1.165, 1.54) is 0 Å². The van der Waals surface area contributed by atoms with Gasteiger partial charge < -0.3 is 21.1 Å². The Morgan fingerprint density at radius 2 is 1.80 bits per heavy atom. The molecule has 0 bridgehead atoms. The molecule has 146 valence electrons. The minimum atomic E-state index is -1.03. The summed E-state index contributed by atoms with van der Waals surface area (Å²) in [5, 5.41) is 11.8. The molecular formula is C17H33N3O4S. The van der Waals surface area contributed by atoms with E-state index < -0.39 is 23.8 Å². The molecule has 0 aromatic carbocycles. The summed E-state index contributed by atoms with van der Waals surface area (Å²) in [5.74, 6) is -2.39. The number of carbonyl (C=O) groups excluding carboxylic acids is 2. The molecule has 0 heterocycles. The van der Waals surface area contributed by atoms with Gasteiger partial charge in [-0.25, -0.2) is 0 Å². The first-order valence-corrected chi connectivity index (χ1v) is 9.96. The van der Waals surface area contributed by atoms with Crippen LogP contribution in [-0.4, -0.2) is 64.5 Å². The second kappa shape index (κ2) is 11.4. The average Bonchev–Trinajstić information content (AvgIpc) is 2.59. The van der Waals surface area contributed by atoms with E-state index in [1.54, 1.807) is 16.7 Å². The zero-order valence-corrected chi connectivity index (χ0v) is 16.8. The lowest BCUT2D eigenvalue weighted by atomic mass is 9.89. The molecule has 0 radical (unpaired) electrons. The Kier molecular flexibility index (Phi) is 10.8. The molecule has 3 atom stereocenters. The van der Waals surface area contributed by atoms with E-state index in [2.05, 4.69) is 5.32 Å². The van der Waals surface area contributed by atoms with Crippen LogP contribution in [0.5, 0.6) is 0 Å². The van der Waals surface area contributed by atoms with Gasteiger partial charge in [0.15, 0.2) is 0 Å². The van der Waals surface area contributed by atoms with E-state index in [4.69, 9.17) is 10.8 Å². The molecular weight excluding hydrogens is 342 g/mol. The molecule has 0 aliphatic rings. The van der Waals surface area contributed by atoms with E-state index in [9.17, 15) is 14.4 Å². The number of rotatable bonds is 12. The average molecular weight is 376 g/mol. The van der Waals surface area contributed by atoms with Crippen LogP contribution in [0, 0.1) is 5.92 Å². The summed E-state index contributed by atoms with van der Waals surface area (Å²) in [4.78, 5) is 37.9. The Morgan fingerprint density at radius 1 is 1.24 bits per heavy atom. The lowest BCUT2D eigenvalue weighted by Crippen LogP contribution is -2.53. The lowest BCUT2D eigenvalue weighted by Gasteiger charge is -2.31. The fourth-order valence-electron chi connectivity index (χ4n) is 2.63. The summed E-state index contributed by atoms with van der Waals surface area (Å²) in [5.41, 5.74) is 5.67. The van der Waals surface area contributed by atoms with Crippen LogP contribution < -0.4 is 11.1 Å². The first-order chi connectivity index (χ1) is 11.7. The highest BCUT2D eigenvalue weighted by Gasteiger charge is 2.33. The number of hydrogen-bond donors (Lipinski definition) is 3. The van der Waals surface area contributed by atoms with Crippen LogP contribution in [0.15, 0.2) is 0 Å². The van der Waals surface area contributed by atoms with Crippen molar-refractivity contribution in [2.45, 2.75) is 57.7 Å². The van der Waals surface area contributed by atoms with Crippen LogP contribution in [0.4, 0.5) is 0 Å². The predicted molar refractivity (Wildman–Crippen MR) is 101 cm³/mol. The number of nitrogens with one attached hydrogen (secondary N) is 1. The van der Waals surface area contributed by atoms with Crippen molar-refractivity contribution in [1.82, 2.24) is 10.2 Å². The number of aliphatic carboxylic acids is 1. The van der Waals surface area contributed by atoms with Crippen molar-refractivity contribution in [2.24, 2.45) is 11.7 Å². The summed E-state index contributed by atoms with van der Waals surface area (Å²) in [6.07, 6.45) is 2.93. The lowest BCUT2D eigenvalue weighted by molar-refractivity contribution is -0.142. The number of carboxylic acid groups (broad SMARTS) is 1. The molecule has 0 saturated heterocycles. The quantitative estimate of drug-likeness (QED) is 0.474. The van der Waals surface area contributed by atoms with Gasteiger partial charge in [0.1, 0.15) is 6.04 Å². The van der Waals surface area contributed by atoms with E-state index >= 15 is 0 Å². The Bertz CT molecular complexity index is 451. The van der Waals surface area contributed by atoms with Gasteiger partial charge in [-0.1, -0.05) is 13.8 Å². The van der Waals surface area contributed by atoms with Gasteiger partial charge in [-0.05, 0) is 32.9 Å². The number of likely N-dealkylation sites (N-methyl/N-ethyl adjacent to an activating group) is 1. The van der Waals surface area contributed by atoms with Gasteiger partial charge in [0.25, 0.3) is 0 Å². The molecule has 4 N–H and O–H groups in total. The van der Waals surface area contributed by atoms with Crippen molar-refractivity contribution in [3.8, 4) is 0 Å². The first-order valence-electron chi connectivity index (χ1n) is 8.74. The highest BCUT2D eigenvalue weighted by atomic mass is 32.2. The summed E-state index contributed by atoms with van der Waals surface area (Å²) in [6.45, 7) is 8.78. The fraction of sp³-hybridized carbons (Fsp3) is 0.824. The molecule has 3 unspecified atom stereocenters. The molecule has 0 aliphatic heterocycles. The zero-order chi connectivity index (χ0) is 19.6. The summed E-state index contributed by atoms with van der Waals surface area (Å²) >= 11 is 1.62. The SMILES string of the molecule is CCN(CC)C(=O)C(CN)NC(=O)C(CC(=O)O)CC(C)(CC)SC. The Hall–Kier alpha value is -1.28. The van der Waals surface area contributed by atoms with Gasteiger partial charge in [0.2, 0.25) is 11.8 Å². The number of carboxylic acids is 1. The van der Waals surface area contributed by atoms with Crippen LogP contribution in [-0.2, 0) is 14.4 Å². The van der Waals surface area contributed by atoms with E-state index in [0.29, 0.717) is 19.5 Å². The smallest absolute Gasteiger partial charge is 0.304 e. The number of carbonyl (C=O) groups is 3. The van der Waals surface area contributed by atoms with Crippen LogP contribution >= 0.6 is 11.8 Å². The number of nitrogens with two attached hydrogens (primary N) is 1. The van der Waals surface area contributed by atoms with Crippen molar-refractivity contribution in [2.75, 3.05) is 25.9 Å². The topological polar surface area (TPSA) is 113 Å². The maximum atomic E-state index is 12.7. The van der Waals surface area contributed by atoms with E-state index in [1.807, 2.05) is 34.0 Å². The number of amides is 2. The van der Waals surface area contributed by atoms with Crippen molar-refractivity contribution in [3.05, 3.63) is 0 Å². The molecule has 0 aromatic rings. The summed E-state index contributed by atoms with van der Waals surface area (Å²) in [7, 11) is 0. The molecule has 8 heteroatoms. The molecule has 0 fully saturated rings. The molecule has 7 nitrogen and oxygen atoms in total. The van der Waals surface area contributed by atoms with E-state index in [0.717, 1.165) is 6.42 Å². The third-order valence-corrected chi connectivity index (χ3v) is 6.08. The largest absolute Gasteiger partial charge is 0.481 e. The molecule has 0 rings (SSSR count). The number of thioether (sulfide) groups is 1.